The molecule has 2 atom stereocenters. The maximum Gasteiger partial charge on any atom is 0.258 e. The quantitative estimate of drug-likeness (QED) is 0.579. The lowest BCUT2D eigenvalue weighted by Gasteiger charge is -2.08. The number of hydrogen-bond donors (Lipinski definition) is 3. The highest BCUT2D eigenvalue weighted by Crippen LogP contribution is 2.21. The van der Waals surface area contributed by atoms with E-state index in [1.54, 1.807) is 13.3 Å². The van der Waals surface area contributed by atoms with Gasteiger partial charge < -0.3 is 4.74 Å². The minimum atomic E-state index is -0.329. The molecule has 0 bridgehead atoms. The number of nitrogens with one attached hydrogen (secondary N) is 3. The minimum absolute atomic E-state index is 0.111. The first kappa shape index (κ1) is 16.2. The molecule has 0 aliphatic carbocycles. The van der Waals surface area contributed by atoms with Crippen molar-refractivity contribution in [3.8, 4) is 5.75 Å². The van der Waals surface area contributed by atoms with Crippen LogP contribution < -0.4 is 21.0 Å². The second kappa shape index (κ2) is 7.72. The molecule has 0 spiro atoms. The molecule has 3 rings (SSSR count). The second-order valence-corrected chi connectivity index (χ2v) is 5.52. The van der Waals surface area contributed by atoms with Crippen molar-refractivity contribution < 1.29 is 9.53 Å². The molecule has 1 aliphatic rings. The molecule has 2 unspecified atom stereocenters. The van der Waals surface area contributed by atoms with E-state index in [9.17, 15) is 4.79 Å². The van der Waals surface area contributed by atoms with E-state index in [2.05, 4.69) is 21.4 Å². The van der Waals surface area contributed by atoms with E-state index >= 15 is 0 Å². The van der Waals surface area contributed by atoms with E-state index < -0.39 is 0 Å². The fourth-order valence-electron chi connectivity index (χ4n) is 2.65. The highest BCUT2D eigenvalue weighted by Gasteiger charge is 2.29. The smallest absolute Gasteiger partial charge is 0.258 e. The summed E-state index contributed by atoms with van der Waals surface area (Å²) in [5, 5.41) is 4.02. The van der Waals surface area contributed by atoms with Gasteiger partial charge in [-0.2, -0.15) is 5.10 Å². The van der Waals surface area contributed by atoms with E-state index in [4.69, 9.17) is 4.74 Å². The SMILES string of the molecule is COc1ccccc1/C=N/NC(=O)C1CC(c2ccccc2)NN1. The molecule has 24 heavy (non-hydrogen) atoms. The normalized spacial score (nSPS) is 20.2. The first-order valence-electron chi connectivity index (χ1n) is 7.80. The summed E-state index contributed by atoms with van der Waals surface area (Å²) in [5.74, 6) is 0.535. The molecule has 2 aromatic carbocycles. The van der Waals surface area contributed by atoms with Gasteiger partial charge in [0.05, 0.1) is 13.3 Å². The van der Waals surface area contributed by atoms with Gasteiger partial charge in [0.2, 0.25) is 0 Å². The molecule has 3 N–H and O–H groups in total. The zero-order valence-electron chi connectivity index (χ0n) is 13.4. The van der Waals surface area contributed by atoms with Crippen LogP contribution in [0.2, 0.25) is 0 Å². The van der Waals surface area contributed by atoms with Crippen LogP contribution in [0, 0.1) is 0 Å². The van der Waals surface area contributed by atoms with Crippen molar-refractivity contribution in [2.45, 2.75) is 18.5 Å². The predicted molar refractivity (Wildman–Crippen MR) is 92.6 cm³/mol. The van der Waals surface area contributed by atoms with E-state index in [1.165, 1.54) is 0 Å². The Kier molecular flexibility index (Phi) is 5.20. The van der Waals surface area contributed by atoms with Crippen LogP contribution in [-0.2, 0) is 4.79 Å². The zero-order chi connectivity index (χ0) is 16.8. The standard InChI is InChI=1S/C18H20N4O2/c1-24-17-10-6-5-9-14(17)12-19-22-18(23)16-11-15(20-21-16)13-7-3-2-4-8-13/h2-10,12,15-16,20-21H,11H2,1H3,(H,22,23)/b19-12+. The second-order valence-electron chi connectivity index (χ2n) is 5.52. The van der Waals surface area contributed by atoms with Crippen LogP contribution in [-0.4, -0.2) is 25.3 Å². The highest BCUT2D eigenvalue weighted by atomic mass is 16.5. The van der Waals surface area contributed by atoms with Crippen molar-refractivity contribution in [2.75, 3.05) is 7.11 Å². The molecule has 1 saturated heterocycles. The first-order valence-corrected chi connectivity index (χ1v) is 7.80. The molecule has 2 aromatic rings. The molecule has 1 fully saturated rings. The zero-order valence-corrected chi connectivity index (χ0v) is 13.4. The summed E-state index contributed by atoms with van der Waals surface area (Å²) in [6, 6.07) is 17.3. The van der Waals surface area contributed by atoms with Crippen LogP contribution in [0.5, 0.6) is 5.75 Å². The molecule has 6 nitrogen and oxygen atoms in total. The maximum absolute atomic E-state index is 12.2. The molecule has 1 aliphatic heterocycles. The van der Waals surface area contributed by atoms with Gasteiger partial charge in [-0.15, -0.1) is 0 Å². The summed E-state index contributed by atoms with van der Waals surface area (Å²) in [7, 11) is 1.60. The Hall–Kier alpha value is -2.70. The lowest BCUT2D eigenvalue weighted by atomic mass is 10.0. The number of rotatable bonds is 5. The minimum Gasteiger partial charge on any atom is -0.496 e. The Morgan fingerprint density at radius 1 is 1.17 bits per heavy atom. The predicted octanol–water partition coefficient (Wildman–Crippen LogP) is 1.75. The van der Waals surface area contributed by atoms with Gasteiger partial charge in [0.25, 0.3) is 5.91 Å². The van der Waals surface area contributed by atoms with Crippen molar-refractivity contribution in [2.24, 2.45) is 5.10 Å². The van der Waals surface area contributed by atoms with Gasteiger partial charge >= 0.3 is 0 Å². The first-order chi connectivity index (χ1) is 11.8. The molecular formula is C18H20N4O2. The number of benzene rings is 2. The summed E-state index contributed by atoms with van der Waals surface area (Å²) in [6.07, 6.45) is 2.24. The number of hydrazine groups is 1. The van der Waals surface area contributed by atoms with Gasteiger partial charge in [-0.05, 0) is 24.1 Å². The lowest BCUT2D eigenvalue weighted by molar-refractivity contribution is -0.122. The van der Waals surface area contributed by atoms with Crippen molar-refractivity contribution in [1.29, 1.82) is 0 Å². The number of methoxy groups -OCH3 is 1. The number of carbonyl (C=O) groups is 1. The van der Waals surface area contributed by atoms with Gasteiger partial charge in [0.15, 0.2) is 0 Å². The average molecular weight is 324 g/mol. The maximum atomic E-state index is 12.2. The Labute approximate surface area is 140 Å². The monoisotopic (exact) mass is 324 g/mol. The van der Waals surface area contributed by atoms with E-state index in [1.807, 2.05) is 54.6 Å². The Bertz CT molecular complexity index is 718. The van der Waals surface area contributed by atoms with Crippen molar-refractivity contribution in [3.63, 3.8) is 0 Å². The molecule has 6 heteroatoms. The Balaban J connectivity index is 1.55. The molecule has 1 amide bonds. The molecule has 124 valence electrons. The number of nitrogens with zero attached hydrogens (tertiary/aromatic N) is 1. The van der Waals surface area contributed by atoms with E-state index in [0.717, 1.165) is 11.1 Å². The molecular weight excluding hydrogens is 304 g/mol. The third-order valence-corrected chi connectivity index (χ3v) is 3.94. The summed E-state index contributed by atoms with van der Waals surface area (Å²) < 4.78 is 5.24. The molecule has 0 radical (unpaired) electrons. The number of hydrogen-bond acceptors (Lipinski definition) is 5. The molecule has 0 aromatic heterocycles. The third-order valence-electron chi connectivity index (χ3n) is 3.94. The van der Waals surface area contributed by atoms with Crippen molar-refractivity contribution >= 4 is 12.1 Å². The van der Waals surface area contributed by atoms with Crippen LogP contribution >= 0.6 is 0 Å². The largest absolute Gasteiger partial charge is 0.496 e. The molecule has 1 heterocycles. The Morgan fingerprint density at radius 2 is 1.92 bits per heavy atom. The molecule has 0 saturated carbocycles. The lowest BCUT2D eigenvalue weighted by Crippen LogP contribution is -2.41. The van der Waals surface area contributed by atoms with Gasteiger partial charge in [0, 0.05) is 11.6 Å². The van der Waals surface area contributed by atoms with Crippen LogP contribution in [0.15, 0.2) is 59.7 Å². The van der Waals surface area contributed by atoms with Gasteiger partial charge in [-0.3, -0.25) is 4.79 Å². The topological polar surface area (TPSA) is 74.8 Å². The van der Waals surface area contributed by atoms with Crippen molar-refractivity contribution in [1.82, 2.24) is 16.3 Å². The van der Waals surface area contributed by atoms with Gasteiger partial charge in [-0.1, -0.05) is 42.5 Å². The fraction of sp³-hybridized carbons (Fsp3) is 0.222. The number of para-hydroxylation sites is 1. The van der Waals surface area contributed by atoms with E-state index in [-0.39, 0.29) is 18.0 Å². The van der Waals surface area contributed by atoms with Gasteiger partial charge in [-0.25, -0.2) is 16.3 Å². The average Bonchev–Trinajstić information content (AvgIpc) is 3.13. The summed E-state index contributed by atoms with van der Waals surface area (Å²) in [5.41, 5.74) is 10.7. The van der Waals surface area contributed by atoms with Crippen LogP contribution in [0.3, 0.4) is 0 Å². The van der Waals surface area contributed by atoms with E-state index in [0.29, 0.717) is 12.2 Å². The van der Waals surface area contributed by atoms with Crippen LogP contribution in [0.25, 0.3) is 0 Å². The number of carbonyl (C=O) groups excluding carboxylic acids is 1. The van der Waals surface area contributed by atoms with Crippen LogP contribution in [0.1, 0.15) is 23.6 Å². The summed E-state index contributed by atoms with van der Waals surface area (Å²) >= 11 is 0. The summed E-state index contributed by atoms with van der Waals surface area (Å²) in [6.45, 7) is 0. The van der Waals surface area contributed by atoms with Crippen molar-refractivity contribution in [3.05, 3.63) is 65.7 Å². The summed E-state index contributed by atoms with van der Waals surface area (Å²) in [4.78, 5) is 12.2. The van der Waals surface area contributed by atoms with Crippen LogP contribution in [0.4, 0.5) is 0 Å². The number of ether oxygens (including phenoxy) is 1. The third kappa shape index (κ3) is 3.79. The fourth-order valence-corrected chi connectivity index (χ4v) is 2.65. The number of hydrazone groups is 1. The Morgan fingerprint density at radius 3 is 2.71 bits per heavy atom. The highest BCUT2D eigenvalue weighted by molar-refractivity contribution is 5.86. The van der Waals surface area contributed by atoms with Gasteiger partial charge in [0.1, 0.15) is 11.8 Å². The number of amides is 1.